The van der Waals surface area contributed by atoms with E-state index in [0.717, 1.165) is 27.9 Å². The molecule has 0 unspecified atom stereocenters. The van der Waals surface area contributed by atoms with Gasteiger partial charge in [0.25, 0.3) is 0 Å². The van der Waals surface area contributed by atoms with E-state index in [0.29, 0.717) is 17.5 Å². The maximum absolute atomic E-state index is 5.13. The van der Waals surface area contributed by atoms with Gasteiger partial charge in [0, 0.05) is 28.6 Å². The van der Waals surface area contributed by atoms with E-state index in [1.165, 1.54) is 72.3 Å². The Bertz CT molecular complexity index is 3050. The molecule has 2 aliphatic carbocycles. The van der Waals surface area contributed by atoms with Gasteiger partial charge in [-0.1, -0.05) is 146 Å². The Kier molecular flexibility index (Phi) is 7.70. The van der Waals surface area contributed by atoms with Crippen molar-refractivity contribution in [1.82, 2.24) is 19.9 Å². The third-order valence-electron chi connectivity index (χ3n) is 12.1. The van der Waals surface area contributed by atoms with Crippen molar-refractivity contribution in [3.8, 4) is 78.4 Å². The molecule has 0 bridgehead atoms. The van der Waals surface area contributed by atoms with Gasteiger partial charge in [-0.2, -0.15) is 0 Å². The smallest absolute Gasteiger partial charge is 0.163 e. The van der Waals surface area contributed by atoms with Gasteiger partial charge in [-0.3, -0.25) is 4.98 Å². The first-order valence-electron chi connectivity index (χ1n) is 19.9. The molecule has 1 spiro atoms. The maximum Gasteiger partial charge on any atom is 0.163 e. The van der Waals surface area contributed by atoms with E-state index in [9.17, 15) is 0 Å². The predicted octanol–water partition coefficient (Wildman–Crippen LogP) is 12.9. The summed E-state index contributed by atoms with van der Waals surface area (Å²) in [5.74, 6) is 2.02. The SMILES string of the molecule is Cc1cnc(C)c(-c2cccc(-c3ccc4c(c3)-c3ccc(-c5nc(C)nc(-c6ccc(-c7ccccc7)cc6)n5)cc3C43c4ccccc4-c4ccccc43)c2)c1. The molecule has 4 heteroatoms. The Labute approximate surface area is 338 Å². The number of fused-ring (bicyclic) bond motifs is 10. The van der Waals surface area contributed by atoms with Crippen molar-refractivity contribution in [1.29, 1.82) is 0 Å². The molecule has 4 nitrogen and oxygen atoms in total. The zero-order chi connectivity index (χ0) is 39.0. The lowest BCUT2D eigenvalue weighted by Gasteiger charge is -2.30. The van der Waals surface area contributed by atoms with Crippen molar-refractivity contribution < 1.29 is 0 Å². The Balaban J connectivity index is 1.08. The van der Waals surface area contributed by atoms with Crippen LogP contribution in [-0.4, -0.2) is 19.9 Å². The highest BCUT2D eigenvalue weighted by molar-refractivity contribution is 5.97. The molecule has 0 radical (unpaired) electrons. The minimum absolute atomic E-state index is 0.503. The lowest BCUT2D eigenvalue weighted by Crippen LogP contribution is -2.25. The molecule has 2 aliphatic rings. The van der Waals surface area contributed by atoms with Crippen molar-refractivity contribution in [2.75, 3.05) is 0 Å². The lowest BCUT2D eigenvalue weighted by atomic mass is 9.70. The Morgan fingerprint density at radius 2 is 0.897 bits per heavy atom. The molecule has 11 rings (SSSR count). The second-order valence-electron chi connectivity index (χ2n) is 15.6. The average molecular weight is 743 g/mol. The summed E-state index contributed by atoms with van der Waals surface area (Å²) < 4.78 is 0. The summed E-state index contributed by atoms with van der Waals surface area (Å²) in [6.45, 7) is 6.14. The van der Waals surface area contributed by atoms with Gasteiger partial charge >= 0.3 is 0 Å². The minimum atomic E-state index is -0.503. The molecule has 2 aromatic heterocycles. The van der Waals surface area contributed by atoms with Crippen LogP contribution in [0, 0.1) is 20.8 Å². The standard InChI is InChI=1S/C54H38N4/c1-33-28-46(34(2)55-32-33)41-15-11-14-39(29-41)40-25-27-50-47(30-40)45-26-24-42(31-51(45)54(50)48-18-9-7-16-43(48)44-17-8-10-19-49(44)54)53-57-35(3)56-52(58-53)38-22-20-37(21-23-38)36-12-5-4-6-13-36/h4-32H,1-3H3. The van der Waals surface area contributed by atoms with Crippen LogP contribution in [0.25, 0.3) is 78.4 Å². The topological polar surface area (TPSA) is 51.6 Å². The largest absolute Gasteiger partial charge is 0.261 e. The number of hydrogen-bond donors (Lipinski definition) is 0. The molecule has 0 N–H and O–H groups in total. The third-order valence-corrected chi connectivity index (χ3v) is 12.1. The van der Waals surface area contributed by atoms with Crippen molar-refractivity contribution in [2.24, 2.45) is 0 Å². The number of nitrogens with zero attached hydrogens (tertiary/aromatic N) is 4. The van der Waals surface area contributed by atoms with E-state index in [1.807, 2.05) is 19.2 Å². The molecule has 0 saturated carbocycles. The number of pyridine rings is 1. The molecule has 0 amide bonds. The van der Waals surface area contributed by atoms with E-state index in [2.05, 4.69) is 183 Å². The summed E-state index contributed by atoms with van der Waals surface area (Å²) >= 11 is 0. The van der Waals surface area contributed by atoms with Crippen molar-refractivity contribution in [2.45, 2.75) is 26.2 Å². The van der Waals surface area contributed by atoms with Crippen LogP contribution < -0.4 is 0 Å². The second kappa shape index (κ2) is 13.1. The van der Waals surface area contributed by atoms with Crippen LogP contribution in [0.5, 0.6) is 0 Å². The Hall–Kier alpha value is -7.30. The second-order valence-corrected chi connectivity index (χ2v) is 15.6. The van der Waals surface area contributed by atoms with Gasteiger partial charge in [0.2, 0.25) is 0 Å². The summed E-state index contributed by atoms with van der Waals surface area (Å²) in [7, 11) is 0. The van der Waals surface area contributed by atoms with Crippen molar-refractivity contribution in [3.63, 3.8) is 0 Å². The number of benzene rings is 7. The third kappa shape index (κ3) is 5.22. The summed E-state index contributed by atoms with van der Waals surface area (Å²) in [5.41, 5.74) is 20.8. The fourth-order valence-corrected chi connectivity index (χ4v) is 9.44. The highest BCUT2D eigenvalue weighted by Crippen LogP contribution is 2.63. The Morgan fingerprint density at radius 1 is 0.345 bits per heavy atom. The molecule has 58 heavy (non-hydrogen) atoms. The molecule has 9 aromatic rings. The van der Waals surface area contributed by atoms with Crippen LogP contribution in [0.4, 0.5) is 0 Å². The highest BCUT2D eigenvalue weighted by Gasteiger charge is 2.51. The lowest BCUT2D eigenvalue weighted by molar-refractivity contribution is 0.794. The summed E-state index contributed by atoms with van der Waals surface area (Å²) in [6.07, 6.45) is 1.94. The van der Waals surface area contributed by atoms with Crippen LogP contribution in [0.15, 0.2) is 176 Å². The Morgan fingerprint density at radius 3 is 1.66 bits per heavy atom. The van der Waals surface area contributed by atoms with Crippen molar-refractivity contribution in [3.05, 3.63) is 215 Å². The van der Waals surface area contributed by atoms with Gasteiger partial charge in [-0.25, -0.2) is 15.0 Å². The molecular weight excluding hydrogens is 705 g/mol. The zero-order valence-electron chi connectivity index (χ0n) is 32.5. The van der Waals surface area contributed by atoms with Crippen LogP contribution in [0.2, 0.25) is 0 Å². The number of aryl methyl sites for hydroxylation is 3. The first-order chi connectivity index (χ1) is 28.5. The van der Waals surface area contributed by atoms with Crippen LogP contribution in [0.1, 0.15) is 39.3 Å². The van der Waals surface area contributed by atoms with E-state index in [4.69, 9.17) is 15.0 Å². The molecular formula is C54H38N4. The highest BCUT2D eigenvalue weighted by atomic mass is 15.0. The van der Waals surface area contributed by atoms with Gasteiger partial charge in [0.1, 0.15) is 5.82 Å². The molecule has 274 valence electrons. The molecule has 2 heterocycles. The van der Waals surface area contributed by atoms with Crippen LogP contribution >= 0.6 is 0 Å². The number of rotatable bonds is 5. The van der Waals surface area contributed by atoms with Gasteiger partial charge in [-0.05, 0) is 123 Å². The number of aromatic nitrogens is 4. The van der Waals surface area contributed by atoms with Gasteiger partial charge < -0.3 is 0 Å². The first kappa shape index (κ1) is 34.0. The predicted molar refractivity (Wildman–Crippen MR) is 235 cm³/mol. The normalized spacial score (nSPS) is 12.9. The van der Waals surface area contributed by atoms with Crippen LogP contribution in [-0.2, 0) is 5.41 Å². The van der Waals surface area contributed by atoms with E-state index in [1.54, 1.807) is 0 Å². The number of hydrogen-bond acceptors (Lipinski definition) is 4. The minimum Gasteiger partial charge on any atom is -0.261 e. The zero-order valence-corrected chi connectivity index (χ0v) is 32.5. The molecule has 7 aromatic carbocycles. The van der Waals surface area contributed by atoms with Gasteiger partial charge in [0.15, 0.2) is 11.6 Å². The van der Waals surface area contributed by atoms with E-state index >= 15 is 0 Å². The average Bonchev–Trinajstić information content (AvgIpc) is 3.74. The molecule has 0 saturated heterocycles. The molecule has 0 aliphatic heterocycles. The summed E-state index contributed by atoms with van der Waals surface area (Å²) in [6, 6.07) is 61.8. The summed E-state index contributed by atoms with van der Waals surface area (Å²) in [5, 5.41) is 0. The molecule has 0 atom stereocenters. The monoisotopic (exact) mass is 742 g/mol. The fourth-order valence-electron chi connectivity index (χ4n) is 9.44. The van der Waals surface area contributed by atoms with E-state index < -0.39 is 5.41 Å². The first-order valence-corrected chi connectivity index (χ1v) is 19.9. The summed E-state index contributed by atoms with van der Waals surface area (Å²) in [4.78, 5) is 19.5. The quantitative estimate of drug-likeness (QED) is 0.176. The van der Waals surface area contributed by atoms with Crippen molar-refractivity contribution >= 4 is 0 Å². The molecule has 0 fully saturated rings. The van der Waals surface area contributed by atoms with Crippen LogP contribution in [0.3, 0.4) is 0 Å². The van der Waals surface area contributed by atoms with Gasteiger partial charge in [-0.15, -0.1) is 0 Å². The van der Waals surface area contributed by atoms with Gasteiger partial charge in [0.05, 0.1) is 5.41 Å². The maximum atomic E-state index is 5.13. The van der Waals surface area contributed by atoms with E-state index in [-0.39, 0.29) is 0 Å². The fraction of sp³-hybridized carbons (Fsp3) is 0.0741.